The number of carboxylic acids is 1. The van der Waals surface area contributed by atoms with Crippen LogP contribution in [0.25, 0.3) is 0 Å². The fourth-order valence-corrected chi connectivity index (χ4v) is 1.11. The Morgan fingerprint density at radius 1 is 1.56 bits per heavy atom. The minimum absolute atomic E-state index is 0.00608. The number of hydrogen-bond acceptors (Lipinski definition) is 3. The van der Waals surface area contributed by atoms with E-state index in [-0.39, 0.29) is 24.9 Å². The number of nitrogens with one attached hydrogen (secondary N) is 1. The Morgan fingerprint density at radius 2 is 2.19 bits per heavy atom. The normalized spacial score (nSPS) is 13.9. The predicted molar refractivity (Wildman–Crippen MR) is 60.1 cm³/mol. The molecule has 5 nitrogen and oxygen atoms in total. The van der Waals surface area contributed by atoms with Gasteiger partial charge in [0.1, 0.15) is 6.04 Å². The van der Waals surface area contributed by atoms with Gasteiger partial charge in [0, 0.05) is 13.5 Å². The van der Waals surface area contributed by atoms with E-state index < -0.39 is 12.0 Å². The summed E-state index contributed by atoms with van der Waals surface area (Å²) in [5.41, 5.74) is 0. The highest BCUT2D eigenvalue weighted by Gasteiger charge is 2.18. The van der Waals surface area contributed by atoms with Crippen molar-refractivity contribution in [3.63, 3.8) is 0 Å². The van der Waals surface area contributed by atoms with E-state index in [1.807, 2.05) is 6.92 Å². The van der Waals surface area contributed by atoms with E-state index in [0.717, 1.165) is 0 Å². The largest absolute Gasteiger partial charge is 0.480 e. The fourth-order valence-electron chi connectivity index (χ4n) is 1.11. The van der Waals surface area contributed by atoms with Crippen LogP contribution in [-0.2, 0) is 14.3 Å². The summed E-state index contributed by atoms with van der Waals surface area (Å²) in [5.74, 6) is -1.33. The molecule has 0 fully saturated rings. The lowest BCUT2D eigenvalue weighted by Crippen LogP contribution is -2.40. The third-order valence-corrected chi connectivity index (χ3v) is 2.22. The molecular weight excluding hydrogens is 210 g/mol. The molecule has 0 spiro atoms. The van der Waals surface area contributed by atoms with Crippen LogP contribution in [0.15, 0.2) is 12.7 Å². The van der Waals surface area contributed by atoms with Gasteiger partial charge in [-0.2, -0.15) is 0 Å². The highest BCUT2D eigenvalue weighted by molar-refractivity contribution is 5.83. The summed E-state index contributed by atoms with van der Waals surface area (Å²) in [5, 5.41) is 11.2. The number of rotatable bonds is 8. The molecule has 0 bridgehead atoms. The number of ether oxygens (including phenoxy) is 1. The molecule has 1 amide bonds. The quantitative estimate of drug-likeness (QED) is 0.607. The second-order valence-electron chi connectivity index (χ2n) is 3.57. The summed E-state index contributed by atoms with van der Waals surface area (Å²) in [6.45, 7) is 5.30. The summed E-state index contributed by atoms with van der Waals surface area (Å²) in [6.07, 6.45) is 2.52. The number of carbonyl (C=O) groups is 2. The van der Waals surface area contributed by atoms with E-state index >= 15 is 0 Å². The second kappa shape index (κ2) is 7.87. The monoisotopic (exact) mass is 229 g/mol. The molecule has 92 valence electrons. The van der Waals surface area contributed by atoms with Crippen LogP contribution in [0.2, 0.25) is 0 Å². The van der Waals surface area contributed by atoms with Crippen LogP contribution in [-0.4, -0.2) is 36.2 Å². The third kappa shape index (κ3) is 6.19. The van der Waals surface area contributed by atoms with Gasteiger partial charge in [-0.25, -0.2) is 4.79 Å². The van der Waals surface area contributed by atoms with Gasteiger partial charge >= 0.3 is 5.97 Å². The first kappa shape index (κ1) is 14.6. The standard InChI is InChI=1S/C11H19NO4/c1-4-5-9(11(14)15)12-10(13)7-6-8(2)16-3/h4,8-9H,1,5-7H2,2-3H3,(H,12,13)(H,14,15). The first-order valence-corrected chi connectivity index (χ1v) is 5.17. The zero-order chi connectivity index (χ0) is 12.6. The van der Waals surface area contributed by atoms with Crippen LogP contribution in [0.1, 0.15) is 26.2 Å². The highest BCUT2D eigenvalue weighted by atomic mass is 16.5. The third-order valence-electron chi connectivity index (χ3n) is 2.22. The Morgan fingerprint density at radius 3 is 2.62 bits per heavy atom. The van der Waals surface area contributed by atoms with Crippen LogP contribution >= 0.6 is 0 Å². The molecule has 0 saturated carbocycles. The zero-order valence-electron chi connectivity index (χ0n) is 9.73. The summed E-state index contributed by atoms with van der Waals surface area (Å²) in [6, 6.07) is -0.886. The molecule has 0 rings (SSSR count). The number of aliphatic carboxylic acids is 1. The van der Waals surface area contributed by atoms with Gasteiger partial charge in [0.2, 0.25) is 5.91 Å². The number of carbonyl (C=O) groups excluding carboxylic acids is 1. The first-order chi connectivity index (χ1) is 7.51. The maximum atomic E-state index is 11.4. The van der Waals surface area contributed by atoms with Gasteiger partial charge in [-0.15, -0.1) is 6.58 Å². The molecule has 0 aromatic carbocycles. The van der Waals surface area contributed by atoms with Crippen molar-refractivity contribution in [1.29, 1.82) is 0 Å². The maximum Gasteiger partial charge on any atom is 0.326 e. The molecule has 2 N–H and O–H groups in total. The van der Waals surface area contributed by atoms with Crippen LogP contribution in [0.5, 0.6) is 0 Å². The molecule has 0 aliphatic heterocycles. The van der Waals surface area contributed by atoms with Crippen molar-refractivity contribution in [2.45, 2.75) is 38.3 Å². The second-order valence-corrected chi connectivity index (χ2v) is 3.57. The van der Waals surface area contributed by atoms with E-state index in [1.54, 1.807) is 7.11 Å². The van der Waals surface area contributed by atoms with Gasteiger partial charge in [0.05, 0.1) is 6.10 Å². The van der Waals surface area contributed by atoms with Gasteiger partial charge in [-0.1, -0.05) is 6.08 Å². The molecule has 2 unspecified atom stereocenters. The zero-order valence-corrected chi connectivity index (χ0v) is 9.73. The topological polar surface area (TPSA) is 75.6 Å². The van der Waals surface area contributed by atoms with E-state index in [1.165, 1.54) is 6.08 Å². The minimum atomic E-state index is -1.05. The predicted octanol–water partition coefficient (Wildman–Crippen LogP) is 0.947. The van der Waals surface area contributed by atoms with Crippen LogP contribution in [0.4, 0.5) is 0 Å². The Labute approximate surface area is 95.5 Å². The fraction of sp³-hybridized carbons (Fsp3) is 0.636. The first-order valence-electron chi connectivity index (χ1n) is 5.17. The number of methoxy groups -OCH3 is 1. The Bertz CT molecular complexity index is 252. The molecule has 0 aliphatic carbocycles. The summed E-state index contributed by atoms with van der Waals surface area (Å²) in [7, 11) is 1.57. The van der Waals surface area contributed by atoms with Crippen molar-refractivity contribution in [2.24, 2.45) is 0 Å². The summed E-state index contributed by atoms with van der Waals surface area (Å²) >= 11 is 0. The molecule has 0 aliphatic rings. The highest BCUT2D eigenvalue weighted by Crippen LogP contribution is 2.01. The molecule has 0 aromatic rings. The lowest BCUT2D eigenvalue weighted by atomic mass is 10.1. The maximum absolute atomic E-state index is 11.4. The van der Waals surface area contributed by atoms with Gasteiger partial charge < -0.3 is 15.2 Å². The van der Waals surface area contributed by atoms with Crippen LogP contribution in [0.3, 0.4) is 0 Å². The Balaban J connectivity index is 4.00. The Kier molecular flexibility index (Phi) is 7.20. The van der Waals surface area contributed by atoms with Gasteiger partial charge in [0.25, 0.3) is 0 Å². The Hall–Kier alpha value is -1.36. The summed E-state index contributed by atoms with van der Waals surface area (Å²) in [4.78, 5) is 22.1. The average molecular weight is 229 g/mol. The van der Waals surface area contributed by atoms with Crippen molar-refractivity contribution in [2.75, 3.05) is 7.11 Å². The molecule has 16 heavy (non-hydrogen) atoms. The molecule has 0 saturated heterocycles. The van der Waals surface area contributed by atoms with E-state index in [9.17, 15) is 9.59 Å². The van der Waals surface area contributed by atoms with Crippen molar-refractivity contribution in [1.82, 2.24) is 5.32 Å². The van der Waals surface area contributed by atoms with Crippen molar-refractivity contribution in [3.8, 4) is 0 Å². The van der Waals surface area contributed by atoms with E-state index in [2.05, 4.69) is 11.9 Å². The molecule has 0 radical (unpaired) electrons. The molecular formula is C11H19NO4. The lowest BCUT2D eigenvalue weighted by molar-refractivity contribution is -0.141. The van der Waals surface area contributed by atoms with Crippen LogP contribution < -0.4 is 5.32 Å². The molecule has 0 aromatic heterocycles. The average Bonchev–Trinajstić information content (AvgIpc) is 2.25. The van der Waals surface area contributed by atoms with Gasteiger partial charge in [-0.3, -0.25) is 4.79 Å². The van der Waals surface area contributed by atoms with E-state index in [4.69, 9.17) is 9.84 Å². The van der Waals surface area contributed by atoms with Gasteiger partial charge in [0.15, 0.2) is 0 Å². The number of amides is 1. The van der Waals surface area contributed by atoms with Crippen molar-refractivity contribution < 1.29 is 19.4 Å². The number of carboxylic acid groups (broad SMARTS) is 1. The van der Waals surface area contributed by atoms with Crippen LogP contribution in [0, 0.1) is 0 Å². The SMILES string of the molecule is C=CCC(NC(=O)CCC(C)OC)C(=O)O. The van der Waals surface area contributed by atoms with E-state index in [0.29, 0.717) is 6.42 Å². The van der Waals surface area contributed by atoms with Gasteiger partial charge in [-0.05, 0) is 19.8 Å². The minimum Gasteiger partial charge on any atom is -0.480 e. The van der Waals surface area contributed by atoms with Crippen molar-refractivity contribution >= 4 is 11.9 Å². The summed E-state index contributed by atoms with van der Waals surface area (Å²) < 4.78 is 4.99. The molecule has 5 heteroatoms. The lowest BCUT2D eigenvalue weighted by Gasteiger charge is -2.13. The molecule has 2 atom stereocenters. The number of hydrogen-bond donors (Lipinski definition) is 2. The smallest absolute Gasteiger partial charge is 0.326 e. The van der Waals surface area contributed by atoms with Crippen molar-refractivity contribution in [3.05, 3.63) is 12.7 Å². The molecule has 0 heterocycles.